The van der Waals surface area contributed by atoms with Crippen molar-refractivity contribution in [3.05, 3.63) is 21.7 Å². The molecule has 1 aromatic heterocycles. The molecule has 0 aromatic carbocycles. The second-order valence-corrected chi connectivity index (χ2v) is 5.05. The average Bonchev–Trinajstić information content (AvgIpc) is 2.59. The van der Waals surface area contributed by atoms with E-state index in [1.165, 1.54) is 6.08 Å². The Morgan fingerprint density at radius 1 is 1.56 bits per heavy atom. The molecular weight excluding hydrogens is 222 g/mol. The van der Waals surface area contributed by atoms with Crippen molar-refractivity contribution < 1.29 is 9.90 Å². The zero-order valence-corrected chi connectivity index (χ0v) is 10.7. The lowest BCUT2D eigenvalue weighted by Gasteiger charge is -2.00. The number of rotatable bonds is 5. The summed E-state index contributed by atoms with van der Waals surface area (Å²) in [5, 5.41) is 9.71. The summed E-state index contributed by atoms with van der Waals surface area (Å²) in [4.78, 5) is 16.0. The Morgan fingerprint density at radius 2 is 2.25 bits per heavy atom. The largest absolute Gasteiger partial charge is 0.478 e. The minimum absolute atomic E-state index is 0.329. The molecule has 0 unspecified atom stereocenters. The second-order valence-electron chi connectivity index (χ2n) is 3.93. The van der Waals surface area contributed by atoms with Crippen molar-refractivity contribution >= 4 is 23.4 Å². The molecule has 0 spiro atoms. The van der Waals surface area contributed by atoms with Gasteiger partial charge in [0.05, 0.1) is 15.6 Å². The Balaban J connectivity index is 3.00. The van der Waals surface area contributed by atoms with Crippen LogP contribution >= 0.6 is 11.3 Å². The van der Waals surface area contributed by atoms with E-state index in [9.17, 15) is 4.79 Å². The molecule has 0 atom stereocenters. The normalized spacial score (nSPS) is 11.5. The van der Waals surface area contributed by atoms with Crippen molar-refractivity contribution in [2.24, 2.45) is 0 Å². The van der Waals surface area contributed by atoms with Crippen molar-refractivity contribution in [1.82, 2.24) is 4.98 Å². The number of thiazole rings is 1. The van der Waals surface area contributed by atoms with Gasteiger partial charge < -0.3 is 5.11 Å². The molecule has 16 heavy (non-hydrogen) atoms. The maximum atomic E-state index is 10.5. The number of aryl methyl sites for hydroxylation is 1. The number of carboxylic acids is 1. The molecule has 1 aromatic rings. The smallest absolute Gasteiger partial charge is 0.328 e. The third-order valence-electron chi connectivity index (χ3n) is 2.11. The van der Waals surface area contributed by atoms with E-state index in [4.69, 9.17) is 5.11 Å². The van der Waals surface area contributed by atoms with E-state index in [-0.39, 0.29) is 0 Å². The van der Waals surface area contributed by atoms with Crippen LogP contribution in [0.25, 0.3) is 6.08 Å². The number of carbonyl (C=O) groups is 1. The third-order valence-corrected chi connectivity index (χ3v) is 3.21. The summed E-state index contributed by atoms with van der Waals surface area (Å²) >= 11 is 1.59. The Hall–Kier alpha value is -1.16. The van der Waals surface area contributed by atoms with Crippen LogP contribution in [0.4, 0.5) is 0 Å². The van der Waals surface area contributed by atoms with Gasteiger partial charge in [-0.15, -0.1) is 11.3 Å². The van der Waals surface area contributed by atoms with Crippen LogP contribution in [-0.4, -0.2) is 16.1 Å². The molecule has 88 valence electrons. The minimum Gasteiger partial charge on any atom is -0.478 e. The third kappa shape index (κ3) is 3.45. The van der Waals surface area contributed by atoms with Gasteiger partial charge in [0.15, 0.2) is 0 Å². The summed E-state index contributed by atoms with van der Waals surface area (Å²) in [7, 11) is 0. The maximum Gasteiger partial charge on any atom is 0.328 e. The lowest BCUT2D eigenvalue weighted by molar-refractivity contribution is -0.131. The zero-order chi connectivity index (χ0) is 12.1. The van der Waals surface area contributed by atoms with Crippen LogP contribution in [0.5, 0.6) is 0 Å². The van der Waals surface area contributed by atoms with Gasteiger partial charge in [-0.1, -0.05) is 20.8 Å². The van der Waals surface area contributed by atoms with Gasteiger partial charge in [0, 0.05) is 6.08 Å². The van der Waals surface area contributed by atoms with E-state index in [0.29, 0.717) is 5.92 Å². The summed E-state index contributed by atoms with van der Waals surface area (Å²) in [6, 6.07) is 0. The quantitative estimate of drug-likeness (QED) is 0.802. The van der Waals surface area contributed by atoms with Crippen LogP contribution in [0.2, 0.25) is 0 Å². The first-order valence-electron chi connectivity index (χ1n) is 5.45. The molecule has 0 aliphatic rings. The average molecular weight is 239 g/mol. The molecule has 3 nitrogen and oxygen atoms in total. The van der Waals surface area contributed by atoms with Gasteiger partial charge in [-0.2, -0.15) is 0 Å². The maximum absolute atomic E-state index is 10.5. The molecular formula is C12H17NO2S. The summed E-state index contributed by atoms with van der Waals surface area (Å²) in [6.07, 6.45) is 4.85. The number of hydrogen-bond donors (Lipinski definition) is 1. The Kier molecular flexibility index (Phi) is 4.68. The van der Waals surface area contributed by atoms with Crippen molar-refractivity contribution in [3.8, 4) is 0 Å². The molecule has 1 rings (SSSR count). The molecule has 0 bridgehead atoms. The lowest BCUT2D eigenvalue weighted by atomic mass is 10.1. The SMILES string of the molecule is CCCc1nc(C(C)C)c(/C=C/C(=O)O)s1. The van der Waals surface area contributed by atoms with E-state index in [1.807, 2.05) is 0 Å². The van der Waals surface area contributed by atoms with Crippen LogP contribution in [0, 0.1) is 0 Å². The number of aliphatic carboxylic acids is 1. The number of carboxylic acid groups (broad SMARTS) is 1. The predicted octanol–water partition coefficient (Wildman–Crippen LogP) is 3.32. The van der Waals surface area contributed by atoms with E-state index in [0.717, 1.165) is 28.4 Å². The highest BCUT2D eigenvalue weighted by molar-refractivity contribution is 7.12. The summed E-state index contributed by atoms with van der Waals surface area (Å²) < 4.78 is 0. The number of hydrogen-bond acceptors (Lipinski definition) is 3. The lowest BCUT2D eigenvalue weighted by Crippen LogP contribution is -1.92. The fourth-order valence-corrected chi connectivity index (χ4v) is 2.62. The molecule has 0 saturated heterocycles. The molecule has 0 aliphatic carbocycles. The van der Waals surface area contributed by atoms with Gasteiger partial charge in [0.25, 0.3) is 0 Å². The molecule has 1 heterocycles. The molecule has 1 N–H and O–H groups in total. The van der Waals surface area contributed by atoms with Crippen molar-refractivity contribution in [2.75, 3.05) is 0 Å². The standard InChI is InChI=1S/C12H17NO2S/c1-4-5-10-13-12(8(2)3)9(16-10)6-7-11(14)15/h6-8H,4-5H2,1-3H3,(H,14,15)/b7-6+. The molecule has 0 aliphatic heterocycles. The zero-order valence-electron chi connectivity index (χ0n) is 9.86. The first-order chi connectivity index (χ1) is 7.54. The van der Waals surface area contributed by atoms with Gasteiger partial charge >= 0.3 is 5.97 Å². The van der Waals surface area contributed by atoms with E-state index in [2.05, 4.69) is 25.8 Å². The number of aromatic nitrogens is 1. The van der Waals surface area contributed by atoms with Crippen LogP contribution in [0.3, 0.4) is 0 Å². The fourth-order valence-electron chi connectivity index (χ4n) is 1.39. The van der Waals surface area contributed by atoms with Crippen LogP contribution < -0.4 is 0 Å². The van der Waals surface area contributed by atoms with Gasteiger partial charge in [0.2, 0.25) is 0 Å². The molecule has 0 radical (unpaired) electrons. The van der Waals surface area contributed by atoms with Gasteiger partial charge in [0.1, 0.15) is 0 Å². The van der Waals surface area contributed by atoms with Crippen LogP contribution in [-0.2, 0) is 11.2 Å². The second kappa shape index (κ2) is 5.80. The van der Waals surface area contributed by atoms with E-state index >= 15 is 0 Å². The van der Waals surface area contributed by atoms with Crippen LogP contribution in [0.15, 0.2) is 6.08 Å². The molecule has 4 heteroatoms. The molecule has 0 saturated carbocycles. The summed E-state index contributed by atoms with van der Waals surface area (Å²) in [5.41, 5.74) is 1.01. The summed E-state index contributed by atoms with van der Waals surface area (Å²) in [5.74, 6) is -0.588. The van der Waals surface area contributed by atoms with Crippen molar-refractivity contribution in [3.63, 3.8) is 0 Å². The highest BCUT2D eigenvalue weighted by atomic mass is 32.1. The van der Waals surface area contributed by atoms with Crippen molar-refractivity contribution in [1.29, 1.82) is 0 Å². The first-order valence-corrected chi connectivity index (χ1v) is 6.26. The molecule has 0 amide bonds. The Bertz CT molecular complexity index is 394. The van der Waals surface area contributed by atoms with Gasteiger partial charge in [-0.05, 0) is 24.8 Å². The minimum atomic E-state index is -0.917. The highest BCUT2D eigenvalue weighted by Crippen LogP contribution is 2.27. The fraction of sp³-hybridized carbons (Fsp3) is 0.500. The predicted molar refractivity (Wildman–Crippen MR) is 66.9 cm³/mol. The summed E-state index contributed by atoms with van der Waals surface area (Å²) in [6.45, 7) is 6.26. The topological polar surface area (TPSA) is 50.2 Å². The van der Waals surface area contributed by atoms with Crippen LogP contribution in [0.1, 0.15) is 48.7 Å². The van der Waals surface area contributed by atoms with Crippen molar-refractivity contribution in [2.45, 2.75) is 39.5 Å². The highest BCUT2D eigenvalue weighted by Gasteiger charge is 2.11. The van der Waals surface area contributed by atoms with E-state index in [1.54, 1.807) is 17.4 Å². The Morgan fingerprint density at radius 3 is 2.75 bits per heavy atom. The molecule has 0 fully saturated rings. The van der Waals surface area contributed by atoms with E-state index < -0.39 is 5.97 Å². The first kappa shape index (κ1) is 12.9. The number of nitrogens with zero attached hydrogens (tertiary/aromatic N) is 1. The van der Waals surface area contributed by atoms with Gasteiger partial charge in [-0.3, -0.25) is 0 Å². The monoisotopic (exact) mass is 239 g/mol. The van der Waals surface area contributed by atoms with Gasteiger partial charge in [-0.25, -0.2) is 9.78 Å². The Labute approximate surface area is 99.8 Å².